The van der Waals surface area contributed by atoms with Crippen LogP contribution in [0.3, 0.4) is 0 Å². The Balaban J connectivity index is 0. The van der Waals surface area contributed by atoms with Gasteiger partial charge in [-0.25, -0.2) is 0 Å². The standard InChI is InChI=1S/Cu.H3O3P/c;1-4(2)3/h;1-3H. The van der Waals surface area contributed by atoms with Crippen LogP contribution in [0.25, 0.3) is 0 Å². The molecule has 37 valence electrons. The molecule has 0 aliphatic carbocycles. The second-order valence-electron chi connectivity index (χ2n) is 0.268. The Morgan fingerprint density at radius 2 is 1.00 bits per heavy atom. The van der Waals surface area contributed by atoms with E-state index in [4.69, 9.17) is 14.7 Å². The Hall–Kier alpha value is 0.829. The van der Waals surface area contributed by atoms with Crippen molar-refractivity contribution in [1.29, 1.82) is 0 Å². The van der Waals surface area contributed by atoms with E-state index >= 15 is 0 Å². The zero-order chi connectivity index (χ0) is 3.58. The molecule has 0 amide bonds. The van der Waals surface area contributed by atoms with Gasteiger partial charge >= 0.3 is 8.60 Å². The fraction of sp³-hybridized carbons (Fsp3) is 0. The summed E-state index contributed by atoms with van der Waals surface area (Å²) in [6.45, 7) is 0. The van der Waals surface area contributed by atoms with Gasteiger partial charge in [0.25, 0.3) is 0 Å². The van der Waals surface area contributed by atoms with Crippen LogP contribution in [0.5, 0.6) is 0 Å². The van der Waals surface area contributed by atoms with Crippen molar-refractivity contribution in [2.45, 2.75) is 0 Å². The van der Waals surface area contributed by atoms with Crippen molar-refractivity contribution < 1.29 is 31.7 Å². The van der Waals surface area contributed by atoms with Crippen molar-refractivity contribution in [3.63, 3.8) is 0 Å². The minimum atomic E-state index is -2.62. The Bertz CT molecular complexity index is 11.6. The summed E-state index contributed by atoms with van der Waals surface area (Å²) in [6.07, 6.45) is 0. The summed E-state index contributed by atoms with van der Waals surface area (Å²) in [6, 6.07) is 0. The van der Waals surface area contributed by atoms with Crippen molar-refractivity contribution in [2.24, 2.45) is 0 Å². The van der Waals surface area contributed by atoms with Crippen LogP contribution in [0.1, 0.15) is 0 Å². The van der Waals surface area contributed by atoms with Crippen LogP contribution in [0.4, 0.5) is 0 Å². The molecule has 0 heterocycles. The molecule has 1 radical (unpaired) electrons. The fourth-order valence-corrected chi connectivity index (χ4v) is 0. The smallest absolute Gasteiger partial charge is 0.324 e. The molecule has 3 nitrogen and oxygen atoms in total. The molecule has 5 heteroatoms. The minimum Gasteiger partial charge on any atom is -0.328 e. The summed E-state index contributed by atoms with van der Waals surface area (Å²) in [7, 11) is -2.62. The first-order valence-electron chi connectivity index (χ1n) is 0.600. The van der Waals surface area contributed by atoms with Crippen molar-refractivity contribution in [3.8, 4) is 0 Å². The van der Waals surface area contributed by atoms with E-state index in [1.165, 1.54) is 0 Å². The van der Waals surface area contributed by atoms with E-state index in [9.17, 15) is 0 Å². The van der Waals surface area contributed by atoms with Gasteiger partial charge in [0, 0.05) is 17.1 Å². The molecule has 0 saturated heterocycles. The first kappa shape index (κ1) is 9.27. The van der Waals surface area contributed by atoms with E-state index in [1.807, 2.05) is 0 Å². The summed E-state index contributed by atoms with van der Waals surface area (Å²) < 4.78 is 0. The molecular weight excluding hydrogens is 143 g/mol. The molecule has 0 atom stereocenters. The zero-order valence-electron chi connectivity index (χ0n) is 2.09. The number of hydrogen-bond acceptors (Lipinski definition) is 3. The molecule has 0 bridgehead atoms. The number of hydrogen-bond donors (Lipinski definition) is 3. The predicted octanol–water partition coefficient (Wildman–Crippen LogP) is -0.812. The average molecular weight is 146 g/mol. The summed E-state index contributed by atoms with van der Waals surface area (Å²) in [5.41, 5.74) is 0. The fourth-order valence-electron chi connectivity index (χ4n) is 0. The van der Waals surface area contributed by atoms with Gasteiger partial charge in [0.2, 0.25) is 0 Å². The van der Waals surface area contributed by atoms with Gasteiger partial charge in [0.15, 0.2) is 0 Å². The van der Waals surface area contributed by atoms with Crippen molar-refractivity contribution in [1.82, 2.24) is 0 Å². The molecule has 0 rings (SSSR count). The Morgan fingerprint density at radius 1 is 1.00 bits per heavy atom. The van der Waals surface area contributed by atoms with Crippen LogP contribution in [-0.4, -0.2) is 14.7 Å². The van der Waals surface area contributed by atoms with Crippen LogP contribution in [0, 0.1) is 0 Å². The zero-order valence-corrected chi connectivity index (χ0v) is 3.93. The summed E-state index contributed by atoms with van der Waals surface area (Å²) in [5.74, 6) is 0. The van der Waals surface area contributed by atoms with Crippen molar-refractivity contribution >= 4 is 8.60 Å². The third kappa shape index (κ3) is 56.2. The van der Waals surface area contributed by atoms with Gasteiger partial charge in [-0.2, -0.15) is 0 Å². The molecular formula is H3CuO3P. The molecule has 0 fully saturated rings. The number of rotatable bonds is 0. The molecule has 0 aromatic heterocycles. The molecule has 3 N–H and O–H groups in total. The normalized spacial score (nSPS) is 7.20. The van der Waals surface area contributed by atoms with Gasteiger partial charge in [-0.3, -0.25) is 0 Å². The monoisotopic (exact) mass is 145 g/mol. The topological polar surface area (TPSA) is 60.7 Å². The Morgan fingerprint density at radius 3 is 1.00 bits per heavy atom. The third-order valence-corrected chi connectivity index (χ3v) is 0. The largest absolute Gasteiger partial charge is 0.328 e. The molecule has 0 aliphatic rings. The van der Waals surface area contributed by atoms with Gasteiger partial charge in [0.1, 0.15) is 0 Å². The first-order chi connectivity index (χ1) is 1.73. The molecule has 0 aromatic rings. The first-order valence-corrected chi connectivity index (χ1v) is 1.80. The van der Waals surface area contributed by atoms with E-state index in [1.54, 1.807) is 0 Å². The Kier molecular flexibility index (Phi) is 8.96. The van der Waals surface area contributed by atoms with Crippen LogP contribution < -0.4 is 0 Å². The van der Waals surface area contributed by atoms with E-state index < -0.39 is 8.60 Å². The second kappa shape index (κ2) is 4.83. The summed E-state index contributed by atoms with van der Waals surface area (Å²) >= 11 is 0. The molecule has 0 aliphatic heterocycles. The van der Waals surface area contributed by atoms with Gasteiger partial charge in [0.05, 0.1) is 0 Å². The maximum atomic E-state index is 7.23. The van der Waals surface area contributed by atoms with Gasteiger partial charge in [-0.15, -0.1) is 0 Å². The van der Waals surface area contributed by atoms with Gasteiger partial charge in [-0.05, 0) is 0 Å². The Labute approximate surface area is 41.1 Å². The van der Waals surface area contributed by atoms with Crippen LogP contribution >= 0.6 is 8.60 Å². The molecule has 0 saturated carbocycles. The molecule has 0 unspecified atom stereocenters. The van der Waals surface area contributed by atoms with E-state index in [0.717, 1.165) is 0 Å². The van der Waals surface area contributed by atoms with E-state index in [2.05, 4.69) is 0 Å². The molecule has 0 spiro atoms. The van der Waals surface area contributed by atoms with Crippen LogP contribution in [0.15, 0.2) is 0 Å². The maximum Gasteiger partial charge on any atom is 0.324 e. The summed E-state index contributed by atoms with van der Waals surface area (Å²) in [5, 5.41) is 0. The quantitative estimate of drug-likeness (QED) is 0.309. The third-order valence-electron chi connectivity index (χ3n) is 0. The summed E-state index contributed by atoms with van der Waals surface area (Å²) in [4.78, 5) is 21.7. The average Bonchev–Trinajstić information content (AvgIpc) is 0.811. The van der Waals surface area contributed by atoms with Crippen molar-refractivity contribution in [2.75, 3.05) is 0 Å². The van der Waals surface area contributed by atoms with Gasteiger partial charge in [-0.1, -0.05) is 0 Å². The van der Waals surface area contributed by atoms with E-state index in [0.29, 0.717) is 0 Å². The molecule has 5 heavy (non-hydrogen) atoms. The van der Waals surface area contributed by atoms with E-state index in [-0.39, 0.29) is 17.1 Å². The second-order valence-corrected chi connectivity index (χ2v) is 0.805. The molecule has 0 aromatic carbocycles. The predicted molar refractivity (Wildman–Crippen MR) is 13.6 cm³/mol. The van der Waals surface area contributed by atoms with Crippen LogP contribution in [0.2, 0.25) is 0 Å². The SMILES string of the molecule is OP(O)O.[Cu]. The van der Waals surface area contributed by atoms with Gasteiger partial charge < -0.3 is 14.7 Å². The van der Waals surface area contributed by atoms with Crippen molar-refractivity contribution in [3.05, 3.63) is 0 Å². The maximum absolute atomic E-state index is 7.23. The minimum absolute atomic E-state index is 0. The van der Waals surface area contributed by atoms with Crippen LogP contribution in [-0.2, 0) is 17.1 Å².